The van der Waals surface area contributed by atoms with E-state index in [1.54, 1.807) is 6.26 Å². The predicted molar refractivity (Wildman–Crippen MR) is 88.7 cm³/mol. The minimum atomic E-state index is -0.874. The van der Waals surface area contributed by atoms with Crippen LogP contribution in [0.3, 0.4) is 0 Å². The molecular formula is C18H25NOS. The summed E-state index contributed by atoms with van der Waals surface area (Å²) in [6.45, 7) is 3.48. The lowest BCUT2D eigenvalue weighted by Crippen LogP contribution is -2.43. The van der Waals surface area contributed by atoms with E-state index < -0.39 is 10.8 Å². The molecule has 3 rings (SSSR count). The van der Waals surface area contributed by atoms with Crippen molar-refractivity contribution in [3.05, 3.63) is 42.0 Å². The highest BCUT2D eigenvalue weighted by Crippen LogP contribution is 2.41. The zero-order valence-corrected chi connectivity index (χ0v) is 13.7. The summed E-state index contributed by atoms with van der Waals surface area (Å²) >= 11 is 0. The molecule has 2 nitrogen and oxygen atoms in total. The molecule has 0 radical (unpaired) electrons. The van der Waals surface area contributed by atoms with E-state index in [1.807, 2.05) is 12.1 Å². The standard InChI is InChI=1S/C18H25NOS/c1-21(20)17-8-6-16(7-9-17)14-19-13-5-12-18(15-19)10-3-2-4-11-18/h2-3,6-9H,4-5,10-15H2,1H3/t18-,21-/m1/s1. The highest BCUT2D eigenvalue weighted by Gasteiger charge is 2.34. The maximum absolute atomic E-state index is 11.4. The maximum Gasteiger partial charge on any atom is 0.0498 e. The van der Waals surface area contributed by atoms with Gasteiger partial charge in [-0.25, -0.2) is 0 Å². The number of nitrogens with zero attached hydrogens (tertiary/aromatic N) is 1. The van der Waals surface area contributed by atoms with Crippen molar-refractivity contribution in [1.29, 1.82) is 0 Å². The van der Waals surface area contributed by atoms with Crippen molar-refractivity contribution in [2.24, 2.45) is 5.41 Å². The van der Waals surface area contributed by atoms with Crippen LogP contribution >= 0.6 is 0 Å². The lowest BCUT2D eigenvalue weighted by Gasteiger charge is -2.44. The van der Waals surface area contributed by atoms with Gasteiger partial charge in [-0.2, -0.15) is 0 Å². The smallest absolute Gasteiger partial charge is 0.0498 e. The largest absolute Gasteiger partial charge is 0.299 e. The Hall–Kier alpha value is -0.930. The number of piperidine rings is 1. The van der Waals surface area contributed by atoms with Gasteiger partial charge in [-0.15, -0.1) is 0 Å². The Morgan fingerprint density at radius 2 is 2.00 bits per heavy atom. The van der Waals surface area contributed by atoms with Gasteiger partial charge in [0.15, 0.2) is 0 Å². The van der Waals surface area contributed by atoms with Crippen molar-refractivity contribution < 1.29 is 4.21 Å². The Balaban J connectivity index is 1.64. The van der Waals surface area contributed by atoms with Gasteiger partial charge in [0.2, 0.25) is 0 Å². The van der Waals surface area contributed by atoms with Gasteiger partial charge in [0.25, 0.3) is 0 Å². The molecule has 2 atom stereocenters. The molecule has 0 unspecified atom stereocenters. The van der Waals surface area contributed by atoms with Crippen LogP contribution in [0.2, 0.25) is 0 Å². The first-order chi connectivity index (χ1) is 10.2. The van der Waals surface area contributed by atoms with Crippen LogP contribution in [-0.4, -0.2) is 28.5 Å². The number of hydrogen-bond donors (Lipinski definition) is 0. The van der Waals surface area contributed by atoms with Crippen molar-refractivity contribution >= 4 is 10.8 Å². The summed E-state index contributed by atoms with van der Waals surface area (Å²) in [6, 6.07) is 8.29. The second kappa shape index (κ2) is 6.45. The molecule has 21 heavy (non-hydrogen) atoms. The topological polar surface area (TPSA) is 20.3 Å². The Bertz CT molecular complexity index is 537. The highest BCUT2D eigenvalue weighted by molar-refractivity contribution is 7.84. The molecule has 1 aliphatic heterocycles. The number of hydrogen-bond acceptors (Lipinski definition) is 2. The lowest BCUT2D eigenvalue weighted by atomic mass is 9.71. The summed E-state index contributed by atoms with van der Waals surface area (Å²) in [7, 11) is -0.874. The van der Waals surface area contributed by atoms with Crippen LogP contribution in [0.15, 0.2) is 41.3 Å². The average Bonchev–Trinajstić information content (AvgIpc) is 2.49. The van der Waals surface area contributed by atoms with Crippen molar-refractivity contribution in [2.45, 2.75) is 43.5 Å². The summed E-state index contributed by atoms with van der Waals surface area (Å²) in [5.41, 5.74) is 1.88. The third kappa shape index (κ3) is 3.64. The first kappa shape index (κ1) is 15.0. The lowest BCUT2D eigenvalue weighted by molar-refractivity contribution is 0.0741. The molecule has 0 amide bonds. The second-order valence-electron chi connectivity index (χ2n) is 6.63. The van der Waals surface area contributed by atoms with E-state index in [9.17, 15) is 4.21 Å². The summed E-state index contributed by atoms with van der Waals surface area (Å²) in [6.07, 6.45) is 13.1. The zero-order chi connectivity index (χ0) is 14.7. The number of benzene rings is 1. The van der Waals surface area contributed by atoms with Crippen LogP contribution in [-0.2, 0) is 17.3 Å². The molecule has 0 bridgehead atoms. The van der Waals surface area contributed by atoms with Crippen LogP contribution in [0, 0.1) is 5.41 Å². The van der Waals surface area contributed by atoms with Crippen LogP contribution < -0.4 is 0 Å². The van der Waals surface area contributed by atoms with Gasteiger partial charge in [-0.05, 0) is 61.8 Å². The molecule has 1 saturated heterocycles. The number of likely N-dealkylation sites (tertiary alicyclic amines) is 1. The van der Waals surface area contributed by atoms with Gasteiger partial charge in [0, 0.05) is 35.0 Å². The molecule has 2 aliphatic rings. The first-order valence-electron chi connectivity index (χ1n) is 7.97. The second-order valence-corrected chi connectivity index (χ2v) is 8.01. The van der Waals surface area contributed by atoms with Gasteiger partial charge >= 0.3 is 0 Å². The molecule has 1 spiro atoms. The fourth-order valence-corrected chi connectivity index (χ4v) is 4.32. The van der Waals surface area contributed by atoms with Crippen molar-refractivity contribution in [3.8, 4) is 0 Å². The molecule has 1 fully saturated rings. The summed E-state index contributed by atoms with van der Waals surface area (Å²) < 4.78 is 11.4. The normalized spacial score (nSPS) is 27.9. The third-order valence-corrected chi connectivity index (χ3v) is 5.90. The first-order valence-corrected chi connectivity index (χ1v) is 9.52. The van der Waals surface area contributed by atoms with Crippen molar-refractivity contribution in [3.63, 3.8) is 0 Å². The molecule has 1 aromatic rings. The molecule has 1 aromatic carbocycles. The van der Waals surface area contributed by atoms with Gasteiger partial charge in [0.05, 0.1) is 0 Å². The van der Waals surface area contributed by atoms with Crippen LogP contribution in [0.4, 0.5) is 0 Å². The van der Waals surface area contributed by atoms with Crippen LogP contribution in [0.1, 0.15) is 37.7 Å². The highest BCUT2D eigenvalue weighted by atomic mass is 32.2. The fourth-order valence-electron chi connectivity index (χ4n) is 3.80. The molecule has 1 heterocycles. The van der Waals surface area contributed by atoms with Crippen LogP contribution in [0.5, 0.6) is 0 Å². The third-order valence-electron chi connectivity index (χ3n) is 4.96. The molecular weight excluding hydrogens is 278 g/mol. The Morgan fingerprint density at radius 1 is 1.19 bits per heavy atom. The van der Waals surface area contributed by atoms with E-state index in [2.05, 4.69) is 29.2 Å². The molecule has 1 aliphatic carbocycles. The molecule has 0 saturated carbocycles. The maximum atomic E-state index is 11.4. The van der Waals surface area contributed by atoms with Gasteiger partial charge in [-0.3, -0.25) is 9.11 Å². The van der Waals surface area contributed by atoms with E-state index >= 15 is 0 Å². The van der Waals surface area contributed by atoms with Crippen molar-refractivity contribution in [2.75, 3.05) is 19.3 Å². The fraction of sp³-hybridized carbons (Fsp3) is 0.556. The Morgan fingerprint density at radius 3 is 2.67 bits per heavy atom. The average molecular weight is 303 g/mol. The van der Waals surface area contributed by atoms with Gasteiger partial charge < -0.3 is 0 Å². The van der Waals surface area contributed by atoms with E-state index in [1.165, 1.54) is 50.8 Å². The molecule has 114 valence electrons. The summed E-state index contributed by atoms with van der Waals surface area (Å²) in [4.78, 5) is 3.53. The molecule has 0 aromatic heterocycles. The number of allylic oxidation sites excluding steroid dienone is 2. The predicted octanol–water partition coefficient (Wildman–Crippen LogP) is 3.75. The van der Waals surface area contributed by atoms with E-state index in [-0.39, 0.29) is 0 Å². The summed E-state index contributed by atoms with van der Waals surface area (Å²) in [5, 5.41) is 0. The quantitative estimate of drug-likeness (QED) is 0.793. The van der Waals surface area contributed by atoms with Gasteiger partial charge in [0.1, 0.15) is 0 Å². The minimum absolute atomic E-state index is 0.540. The molecule has 3 heteroatoms. The van der Waals surface area contributed by atoms with Crippen molar-refractivity contribution in [1.82, 2.24) is 4.90 Å². The SMILES string of the molecule is C[S@@](=O)c1ccc(CN2CCC[C@]3(CC=CCC3)C2)cc1. The van der Waals surface area contributed by atoms with E-state index in [0.717, 1.165) is 11.4 Å². The molecule has 0 N–H and O–H groups in total. The van der Waals surface area contributed by atoms with E-state index in [4.69, 9.17) is 0 Å². The Kier molecular flexibility index (Phi) is 4.60. The van der Waals surface area contributed by atoms with Gasteiger partial charge in [-0.1, -0.05) is 24.3 Å². The van der Waals surface area contributed by atoms with Crippen LogP contribution in [0.25, 0.3) is 0 Å². The van der Waals surface area contributed by atoms with E-state index in [0.29, 0.717) is 5.41 Å². The number of rotatable bonds is 3. The minimum Gasteiger partial charge on any atom is -0.299 e. The Labute approximate surface area is 130 Å². The monoisotopic (exact) mass is 303 g/mol. The summed E-state index contributed by atoms with van der Waals surface area (Å²) in [5.74, 6) is 0. The zero-order valence-electron chi connectivity index (χ0n) is 12.9.